The van der Waals surface area contributed by atoms with Gasteiger partial charge in [0, 0.05) is 18.7 Å². The number of hydrogen-bond acceptors (Lipinski definition) is 2. The van der Waals surface area contributed by atoms with Crippen LogP contribution in [0.25, 0.3) is 11.3 Å². The summed E-state index contributed by atoms with van der Waals surface area (Å²) in [7, 11) is 0. The zero-order valence-electron chi connectivity index (χ0n) is 15.3. The van der Waals surface area contributed by atoms with Gasteiger partial charge in [-0.1, -0.05) is 32.0 Å². The van der Waals surface area contributed by atoms with Gasteiger partial charge in [0.05, 0.1) is 17.1 Å². The summed E-state index contributed by atoms with van der Waals surface area (Å²) in [6.07, 6.45) is 0. The number of pyridine rings is 1. The molecule has 0 saturated carbocycles. The summed E-state index contributed by atoms with van der Waals surface area (Å²) in [5.74, 6) is 1.43. The van der Waals surface area contributed by atoms with Crippen molar-refractivity contribution in [3.8, 4) is 11.3 Å². The van der Waals surface area contributed by atoms with Crippen molar-refractivity contribution in [2.24, 2.45) is 11.8 Å². The number of benzene rings is 1. The van der Waals surface area contributed by atoms with Gasteiger partial charge in [0.2, 0.25) is 0 Å². The molecule has 24 heavy (non-hydrogen) atoms. The Morgan fingerprint density at radius 1 is 1.08 bits per heavy atom. The third-order valence-corrected chi connectivity index (χ3v) is 5.23. The molecule has 0 spiro atoms. The topological polar surface area (TPSA) is 16.1 Å². The molecular formula is C21H27FN2. The lowest BCUT2D eigenvalue weighted by molar-refractivity contribution is 0.221. The molecule has 1 aliphatic rings. The van der Waals surface area contributed by atoms with Gasteiger partial charge in [-0.2, -0.15) is 0 Å². The number of aryl methyl sites for hydroxylation is 1. The molecule has 2 nitrogen and oxygen atoms in total. The van der Waals surface area contributed by atoms with Crippen LogP contribution in [0.15, 0.2) is 36.4 Å². The van der Waals surface area contributed by atoms with Gasteiger partial charge in [-0.3, -0.25) is 4.98 Å². The zero-order chi connectivity index (χ0) is 17.5. The quantitative estimate of drug-likeness (QED) is 0.755. The SMILES string of the molecule is Cc1nc(-c2cccc(C(C)(C)F)c2)ccc1N1CC(C)C(C)C1. The van der Waals surface area contributed by atoms with E-state index in [0.29, 0.717) is 17.4 Å². The van der Waals surface area contributed by atoms with Gasteiger partial charge in [-0.25, -0.2) is 4.39 Å². The van der Waals surface area contributed by atoms with Crippen LogP contribution >= 0.6 is 0 Å². The Kier molecular flexibility index (Phi) is 4.37. The molecule has 1 fully saturated rings. The lowest BCUT2D eigenvalue weighted by atomic mass is 9.97. The van der Waals surface area contributed by atoms with E-state index in [2.05, 4.69) is 37.8 Å². The first-order chi connectivity index (χ1) is 11.3. The van der Waals surface area contributed by atoms with Crippen LogP contribution in [0.5, 0.6) is 0 Å². The zero-order valence-corrected chi connectivity index (χ0v) is 15.3. The Hall–Kier alpha value is -1.90. The predicted molar refractivity (Wildman–Crippen MR) is 99.1 cm³/mol. The third kappa shape index (κ3) is 3.31. The minimum atomic E-state index is -1.34. The summed E-state index contributed by atoms with van der Waals surface area (Å²) in [4.78, 5) is 7.23. The van der Waals surface area contributed by atoms with Gasteiger partial charge < -0.3 is 4.90 Å². The van der Waals surface area contributed by atoms with Crippen LogP contribution in [-0.2, 0) is 5.67 Å². The molecule has 3 rings (SSSR count). The lowest BCUT2D eigenvalue weighted by Crippen LogP contribution is -2.21. The second-order valence-corrected chi connectivity index (χ2v) is 7.71. The van der Waals surface area contributed by atoms with Crippen LogP contribution in [0.1, 0.15) is 39.0 Å². The highest BCUT2D eigenvalue weighted by Crippen LogP contribution is 2.32. The summed E-state index contributed by atoms with van der Waals surface area (Å²) in [5, 5.41) is 0. The van der Waals surface area contributed by atoms with Crippen molar-refractivity contribution in [2.45, 2.75) is 40.3 Å². The number of anilines is 1. The van der Waals surface area contributed by atoms with E-state index in [1.165, 1.54) is 5.69 Å². The maximum atomic E-state index is 14.2. The highest BCUT2D eigenvalue weighted by molar-refractivity contribution is 5.64. The molecule has 2 aromatic rings. The third-order valence-electron chi connectivity index (χ3n) is 5.23. The average Bonchev–Trinajstić information content (AvgIpc) is 2.85. The predicted octanol–water partition coefficient (Wildman–Crippen LogP) is 5.35. The van der Waals surface area contributed by atoms with Gasteiger partial charge in [0.25, 0.3) is 0 Å². The first kappa shape index (κ1) is 16.9. The first-order valence-corrected chi connectivity index (χ1v) is 8.78. The van der Waals surface area contributed by atoms with Gasteiger partial charge >= 0.3 is 0 Å². The Morgan fingerprint density at radius 3 is 2.33 bits per heavy atom. The van der Waals surface area contributed by atoms with Gasteiger partial charge in [0.15, 0.2) is 0 Å². The molecule has 0 aliphatic carbocycles. The van der Waals surface area contributed by atoms with E-state index in [0.717, 1.165) is 30.0 Å². The molecule has 128 valence electrons. The molecule has 1 aliphatic heterocycles. The Bertz CT molecular complexity index is 723. The van der Waals surface area contributed by atoms with Crippen molar-refractivity contribution in [1.82, 2.24) is 4.98 Å². The molecule has 3 heteroatoms. The van der Waals surface area contributed by atoms with E-state index < -0.39 is 5.67 Å². The van der Waals surface area contributed by atoms with Crippen LogP contribution in [0, 0.1) is 18.8 Å². The molecule has 0 N–H and O–H groups in total. The number of hydrogen-bond donors (Lipinski definition) is 0. The van der Waals surface area contributed by atoms with Crippen molar-refractivity contribution in [3.05, 3.63) is 47.7 Å². The molecule has 1 aromatic heterocycles. The Labute approximate surface area is 144 Å². The molecular weight excluding hydrogens is 299 g/mol. The number of alkyl halides is 1. The van der Waals surface area contributed by atoms with E-state index in [-0.39, 0.29) is 0 Å². The normalized spacial score (nSPS) is 21.3. The van der Waals surface area contributed by atoms with Crippen LogP contribution in [0.4, 0.5) is 10.1 Å². The van der Waals surface area contributed by atoms with E-state index in [4.69, 9.17) is 4.98 Å². The van der Waals surface area contributed by atoms with Crippen LogP contribution in [-0.4, -0.2) is 18.1 Å². The van der Waals surface area contributed by atoms with E-state index in [1.807, 2.05) is 24.3 Å². The van der Waals surface area contributed by atoms with Crippen molar-refractivity contribution >= 4 is 5.69 Å². The minimum absolute atomic E-state index is 0.686. The molecule has 2 heterocycles. The second-order valence-electron chi connectivity index (χ2n) is 7.71. The first-order valence-electron chi connectivity index (χ1n) is 8.78. The molecule has 2 unspecified atom stereocenters. The van der Waals surface area contributed by atoms with E-state index >= 15 is 0 Å². The van der Waals surface area contributed by atoms with Gasteiger partial charge in [0.1, 0.15) is 5.67 Å². The maximum Gasteiger partial charge on any atom is 0.130 e. The summed E-state index contributed by atoms with van der Waals surface area (Å²) in [5.41, 5.74) is 3.48. The molecule has 1 saturated heterocycles. The smallest absolute Gasteiger partial charge is 0.130 e. The number of rotatable bonds is 3. The highest BCUT2D eigenvalue weighted by atomic mass is 19.1. The monoisotopic (exact) mass is 326 g/mol. The molecule has 0 radical (unpaired) electrons. The number of aromatic nitrogens is 1. The van der Waals surface area contributed by atoms with Crippen molar-refractivity contribution < 1.29 is 4.39 Å². The van der Waals surface area contributed by atoms with Crippen molar-refractivity contribution in [3.63, 3.8) is 0 Å². The standard InChI is InChI=1S/C21H27FN2/c1-14-12-24(13-15(14)2)20-10-9-19(23-16(20)3)17-7-6-8-18(11-17)21(4,5)22/h6-11,14-15H,12-13H2,1-5H3. The van der Waals surface area contributed by atoms with E-state index in [9.17, 15) is 4.39 Å². The minimum Gasteiger partial charge on any atom is -0.370 e. The Balaban J connectivity index is 1.91. The fraction of sp³-hybridized carbons (Fsp3) is 0.476. The van der Waals surface area contributed by atoms with Crippen LogP contribution in [0.3, 0.4) is 0 Å². The Morgan fingerprint density at radius 2 is 1.75 bits per heavy atom. The summed E-state index contributed by atoms with van der Waals surface area (Å²) >= 11 is 0. The fourth-order valence-corrected chi connectivity index (χ4v) is 3.42. The summed E-state index contributed by atoms with van der Waals surface area (Å²) < 4.78 is 14.2. The number of halogens is 1. The van der Waals surface area contributed by atoms with Gasteiger partial charge in [-0.05, 0) is 56.4 Å². The summed E-state index contributed by atoms with van der Waals surface area (Å²) in [6, 6.07) is 11.9. The van der Waals surface area contributed by atoms with Crippen molar-refractivity contribution in [1.29, 1.82) is 0 Å². The summed E-state index contributed by atoms with van der Waals surface area (Å²) in [6.45, 7) is 12.0. The fourth-order valence-electron chi connectivity index (χ4n) is 3.42. The molecule has 0 bridgehead atoms. The number of nitrogens with zero attached hydrogens (tertiary/aromatic N) is 2. The van der Waals surface area contributed by atoms with Crippen LogP contribution < -0.4 is 4.90 Å². The largest absolute Gasteiger partial charge is 0.370 e. The average molecular weight is 326 g/mol. The van der Waals surface area contributed by atoms with Crippen LogP contribution in [0.2, 0.25) is 0 Å². The molecule has 1 aromatic carbocycles. The van der Waals surface area contributed by atoms with E-state index in [1.54, 1.807) is 13.8 Å². The van der Waals surface area contributed by atoms with Crippen molar-refractivity contribution in [2.75, 3.05) is 18.0 Å². The highest BCUT2D eigenvalue weighted by Gasteiger charge is 2.27. The maximum absolute atomic E-state index is 14.2. The second kappa shape index (κ2) is 6.19. The lowest BCUT2D eigenvalue weighted by Gasteiger charge is -2.21. The molecule has 2 atom stereocenters. The molecule has 0 amide bonds. The van der Waals surface area contributed by atoms with Gasteiger partial charge in [-0.15, -0.1) is 0 Å².